The summed E-state index contributed by atoms with van der Waals surface area (Å²) in [6.45, 7) is -0.0307. The number of methoxy groups -OCH3 is 1. The number of oxazole rings is 1. The topological polar surface area (TPSA) is 68.3 Å². The number of nitriles is 1. The number of hydrogen-bond donors (Lipinski definition) is 0. The summed E-state index contributed by atoms with van der Waals surface area (Å²) in [4.78, 5) is 4.36. The minimum Gasteiger partial charge on any atom is -0.493 e. The van der Waals surface area contributed by atoms with Crippen LogP contribution in [-0.4, -0.2) is 18.7 Å². The number of hydrogen-bond acceptors (Lipinski definition) is 5. The van der Waals surface area contributed by atoms with Crippen LogP contribution < -0.4 is 9.47 Å². The molecule has 0 amide bonds. The van der Waals surface area contributed by atoms with Gasteiger partial charge in [0.25, 0.3) is 0 Å². The number of ether oxygens (including phenoxy) is 2. The number of aromatic nitrogens is 1. The standard InChI is InChI=1S/C18H13ClN2O3/c1-22-17-10-12(2-5-16(17)23-9-8-20)3-7-18-21-14-11-13(19)4-6-15(14)24-18/h2-7,10-11H,9H2,1H3/b7-3+. The molecule has 0 saturated heterocycles. The van der Waals surface area contributed by atoms with Crippen LogP contribution in [0.25, 0.3) is 23.3 Å². The van der Waals surface area contributed by atoms with Gasteiger partial charge in [0.05, 0.1) is 7.11 Å². The molecule has 120 valence electrons. The molecule has 0 N–H and O–H groups in total. The summed E-state index contributed by atoms with van der Waals surface area (Å²) in [5.74, 6) is 1.56. The number of nitrogens with zero attached hydrogens (tertiary/aromatic N) is 2. The van der Waals surface area contributed by atoms with Gasteiger partial charge in [-0.1, -0.05) is 17.7 Å². The lowest BCUT2D eigenvalue weighted by Crippen LogP contribution is -1.96. The Kier molecular flexibility index (Phi) is 4.69. The predicted molar refractivity (Wildman–Crippen MR) is 92.0 cm³/mol. The molecule has 0 bridgehead atoms. The Balaban J connectivity index is 1.83. The van der Waals surface area contributed by atoms with Crippen LogP contribution in [0.3, 0.4) is 0 Å². The van der Waals surface area contributed by atoms with Crippen molar-refractivity contribution >= 4 is 34.9 Å². The molecule has 0 aliphatic carbocycles. The molecule has 0 aliphatic heterocycles. The van der Waals surface area contributed by atoms with Crippen LogP contribution in [0.4, 0.5) is 0 Å². The lowest BCUT2D eigenvalue weighted by molar-refractivity contribution is 0.329. The van der Waals surface area contributed by atoms with Crippen LogP contribution >= 0.6 is 11.6 Å². The fourth-order valence-electron chi connectivity index (χ4n) is 2.17. The quantitative estimate of drug-likeness (QED) is 0.681. The Morgan fingerprint density at radius 2 is 2.08 bits per heavy atom. The molecule has 0 radical (unpaired) electrons. The van der Waals surface area contributed by atoms with Gasteiger partial charge in [0, 0.05) is 11.1 Å². The Bertz CT molecular complexity index is 941. The number of halogens is 1. The minimum absolute atomic E-state index is 0.0307. The third-order valence-electron chi connectivity index (χ3n) is 3.26. The molecule has 2 aromatic carbocycles. The Hall–Kier alpha value is -2.97. The SMILES string of the molecule is COc1cc(/C=C/c2nc3cc(Cl)ccc3o2)ccc1OCC#N. The van der Waals surface area contributed by atoms with E-state index in [9.17, 15) is 0 Å². The molecule has 0 unspecified atom stereocenters. The average Bonchev–Trinajstić information content (AvgIpc) is 3.00. The summed E-state index contributed by atoms with van der Waals surface area (Å²) in [6.07, 6.45) is 3.61. The molecule has 0 fully saturated rings. The van der Waals surface area contributed by atoms with Crippen molar-refractivity contribution in [2.24, 2.45) is 0 Å². The van der Waals surface area contributed by atoms with Crippen molar-refractivity contribution in [1.82, 2.24) is 4.98 Å². The Labute approximate surface area is 143 Å². The molecule has 3 aromatic rings. The monoisotopic (exact) mass is 340 g/mol. The van der Waals surface area contributed by atoms with Crippen LogP contribution in [0, 0.1) is 11.3 Å². The predicted octanol–water partition coefficient (Wildman–Crippen LogP) is 4.56. The molecule has 3 rings (SSSR count). The Morgan fingerprint density at radius 1 is 1.21 bits per heavy atom. The molecular weight excluding hydrogens is 328 g/mol. The van der Waals surface area contributed by atoms with E-state index in [1.807, 2.05) is 24.3 Å². The molecule has 6 heteroatoms. The fourth-order valence-corrected chi connectivity index (χ4v) is 2.34. The van der Waals surface area contributed by atoms with Gasteiger partial charge in [-0.2, -0.15) is 5.26 Å². The molecule has 5 nitrogen and oxygen atoms in total. The van der Waals surface area contributed by atoms with Crippen LogP contribution in [0.15, 0.2) is 40.8 Å². The minimum atomic E-state index is -0.0307. The maximum atomic E-state index is 8.58. The first-order valence-corrected chi connectivity index (χ1v) is 7.49. The second-order valence-corrected chi connectivity index (χ2v) is 5.29. The van der Waals surface area contributed by atoms with Gasteiger partial charge < -0.3 is 13.9 Å². The van der Waals surface area contributed by atoms with E-state index >= 15 is 0 Å². The second-order valence-electron chi connectivity index (χ2n) is 4.85. The molecule has 1 aromatic heterocycles. The van der Waals surface area contributed by atoms with Gasteiger partial charge in [-0.15, -0.1) is 0 Å². The highest BCUT2D eigenvalue weighted by atomic mass is 35.5. The highest BCUT2D eigenvalue weighted by Crippen LogP contribution is 2.29. The fraction of sp³-hybridized carbons (Fsp3) is 0.111. The highest BCUT2D eigenvalue weighted by molar-refractivity contribution is 6.31. The van der Waals surface area contributed by atoms with Crippen molar-refractivity contribution in [2.45, 2.75) is 0 Å². The van der Waals surface area contributed by atoms with E-state index in [-0.39, 0.29) is 6.61 Å². The van der Waals surface area contributed by atoms with E-state index in [4.69, 9.17) is 30.8 Å². The largest absolute Gasteiger partial charge is 0.493 e. The van der Waals surface area contributed by atoms with Crippen LogP contribution in [0.1, 0.15) is 11.5 Å². The van der Waals surface area contributed by atoms with Crippen molar-refractivity contribution < 1.29 is 13.9 Å². The van der Waals surface area contributed by atoms with E-state index in [0.29, 0.717) is 33.5 Å². The molecule has 0 atom stereocenters. The van der Waals surface area contributed by atoms with Gasteiger partial charge in [0.15, 0.2) is 23.7 Å². The first-order valence-electron chi connectivity index (χ1n) is 7.11. The zero-order valence-electron chi connectivity index (χ0n) is 12.8. The normalized spacial score (nSPS) is 10.9. The van der Waals surface area contributed by atoms with Crippen molar-refractivity contribution in [3.05, 3.63) is 52.9 Å². The number of rotatable bonds is 5. The highest BCUT2D eigenvalue weighted by Gasteiger charge is 2.06. The Morgan fingerprint density at radius 3 is 2.88 bits per heavy atom. The van der Waals surface area contributed by atoms with E-state index in [0.717, 1.165) is 5.56 Å². The van der Waals surface area contributed by atoms with Gasteiger partial charge >= 0.3 is 0 Å². The van der Waals surface area contributed by atoms with Crippen molar-refractivity contribution in [1.29, 1.82) is 5.26 Å². The molecule has 0 spiro atoms. The molecule has 24 heavy (non-hydrogen) atoms. The first kappa shape index (κ1) is 15.9. The average molecular weight is 341 g/mol. The lowest BCUT2D eigenvalue weighted by atomic mass is 10.2. The zero-order valence-corrected chi connectivity index (χ0v) is 13.6. The molecule has 0 saturated carbocycles. The van der Waals surface area contributed by atoms with Crippen molar-refractivity contribution in [3.63, 3.8) is 0 Å². The third kappa shape index (κ3) is 3.50. The molecule has 1 heterocycles. The van der Waals surface area contributed by atoms with Crippen LogP contribution in [-0.2, 0) is 0 Å². The van der Waals surface area contributed by atoms with Gasteiger partial charge in [-0.05, 0) is 42.0 Å². The van der Waals surface area contributed by atoms with Crippen molar-refractivity contribution in [2.75, 3.05) is 13.7 Å². The van der Waals surface area contributed by atoms with Crippen LogP contribution in [0.5, 0.6) is 11.5 Å². The van der Waals surface area contributed by atoms with E-state index in [1.165, 1.54) is 0 Å². The molecular formula is C18H13ClN2O3. The summed E-state index contributed by atoms with van der Waals surface area (Å²) < 4.78 is 16.2. The number of benzene rings is 2. The number of fused-ring (bicyclic) bond motifs is 1. The van der Waals surface area contributed by atoms with Gasteiger partial charge in [0.1, 0.15) is 11.6 Å². The van der Waals surface area contributed by atoms with Gasteiger partial charge in [-0.25, -0.2) is 4.98 Å². The maximum Gasteiger partial charge on any atom is 0.220 e. The summed E-state index contributed by atoms with van der Waals surface area (Å²) >= 11 is 5.94. The van der Waals surface area contributed by atoms with E-state index in [1.54, 1.807) is 37.5 Å². The second kappa shape index (κ2) is 7.07. The van der Waals surface area contributed by atoms with E-state index in [2.05, 4.69) is 4.98 Å². The van der Waals surface area contributed by atoms with Gasteiger partial charge in [-0.3, -0.25) is 0 Å². The lowest BCUT2D eigenvalue weighted by Gasteiger charge is -2.08. The van der Waals surface area contributed by atoms with Crippen molar-refractivity contribution in [3.8, 4) is 17.6 Å². The summed E-state index contributed by atoms with van der Waals surface area (Å²) in [7, 11) is 1.55. The zero-order chi connectivity index (χ0) is 16.9. The van der Waals surface area contributed by atoms with E-state index < -0.39 is 0 Å². The summed E-state index contributed by atoms with van der Waals surface area (Å²) in [6, 6.07) is 12.6. The first-order chi connectivity index (χ1) is 11.7. The molecule has 0 aliphatic rings. The maximum absolute atomic E-state index is 8.58. The van der Waals surface area contributed by atoms with Crippen LogP contribution in [0.2, 0.25) is 5.02 Å². The summed E-state index contributed by atoms with van der Waals surface area (Å²) in [5, 5.41) is 9.20. The third-order valence-corrected chi connectivity index (χ3v) is 3.50. The smallest absolute Gasteiger partial charge is 0.220 e. The van der Waals surface area contributed by atoms with Gasteiger partial charge in [0.2, 0.25) is 5.89 Å². The summed E-state index contributed by atoms with van der Waals surface area (Å²) in [5.41, 5.74) is 2.27.